The lowest BCUT2D eigenvalue weighted by atomic mass is 10.1. The molecule has 0 unspecified atom stereocenters. The lowest BCUT2D eigenvalue weighted by Crippen LogP contribution is -2.59. The Balaban J connectivity index is 1.10. The molecule has 5 rings (SSSR count). The second-order valence-corrected chi connectivity index (χ2v) is 11.1. The molecule has 2 aromatic heterocycles. The van der Waals surface area contributed by atoms with Crippen molar-refractivity contribution < 1.29 is 13.2 Å². The van der Waals surface area contributed by atoms with Gasteiger partial charge in [-0.1, -0.05) is 11.6 Å². The fourth-order valence-electron chi connectivity index (χ4n) is 3.95. The van der Waals surface area contributed by atoms with Crippen molar-refractivity contribution in [1.82, 2.24) is 14.9 Å². The third kappa shape index (κ3) is 4.89. The Labute approximate surface area is 206 Å². The fraction of sp³-hybridized carbons (Fsp3) is 0.217. The van der Waals surface area contributed by atoms with E-state index in [1.165, 1.54) is 11.3 Å². The maximum atomic E-state index is 12.5. The lowest BCUT2D eigenvalue weighted by molar-refractivity contribution is -0.122. The Morgan fingerprint density at radius 3 is 2.68 bits per heavy atom. The molecule has 1 aliphatic rings. The zero-order valence-electron chi connectivity index (χ0n) is 18.0. The summed E-state index contributed by atoms with van der Waals surface area (Å²) in [5.74, 6) is 0.00941. The van der Waals surface area contributed by atoms with E-state index in [2.05, 4.69) is 24.5 Å². The first-order valence-corrected chi connectivity index (χ1v) is 13.4. The standard InChI is InChI=1S/C23H22ClN5O3S2/c24-17-1-6-21-16(13-17)7-10-28(21)11-8-22(30)26-18-14-29(15-18)19-2-4-20(5-3-19)34(31,32)27-23-25-9-12-33-23/h1-7,9-10,12-13,18H,8,11,14-15H2,(H,25,27)(H,26,30). The minimum atomic E-state index is -3.67. The van der Waals surface area contributed by atoms with Crippen LogP contribution in [-0.2, 0) is 21.4 Å². The summed E-state index contributed by atoms with van der Waals surface area (Å²) in [6.45, 7) is 1.96. The summed E-state index contributed by atoms with van der Waals surface area (Å²) < 4.78 is 29.4. The molecule has 0 bridgehead atoms. The number of carbonyl (C=O) groups is 1. The van der Waals surface area contributed by atoms with E-state index in [9.17, 15) is 13.2 Å². The van der Waals surface area contributed by atoms with Crippen molar-refractivity contribution in [3.05, 3.63) is 71.3 Å². The number of hydrogen-bond donors (Lipinski definition) is 2. The van der Waals surface area contributed by atoms with Gasteiger partial charge in [-0.25, -0.2) is 13.4 Å². The predicted octanol–water partition coefficient (Wildman–Crippen LogP) is 3.95. The number of aryl methyl sites for hydroxylation is 1. The van der Waals surface area contributed by atoms with E-state index in [0.717, 1.165) is 16.6 Å². The molecule has 1 fully saturated rings. The van der Waals surface area contributed by atoms with Gasteiger partial charge in [0.15, 0.2) is 5.13 Å². The van der Waals surface area contributed by atoms with Crippen LogP contribution in [0.5, 0.6) is 0 Å². The van der Waals surface area contributed by atoms with E-state index >= 15 is 0 Å². The molecule has 176 valence electrons. The SMILES string of the molecule is O=C(CCn1ccc2cc(Cl)ccc21)NC1CN(c2ccc(S(=O)(=O)Nc3nccs3)cc2)C1. The summed E-state index contributed by atoms with van der Waals surface area (Å²) in [6.07, 6.45) is 3.90. The lowest BCUT2D eigenvalue weighted by Gasteiger charge is -2.41. The molecule has 0 aliphatic carbocycles. The van der Waals surface area contributed by atoms with Crippen molar-refractivity contribution in [2.75, 3.05) is 22.7 Å². The number of sulfonamides is 1. The van der Waals surface area contributed by atoms with Crippen molar-refractivity contribution in [3.8, 4) is 0 Å². The Kier molecular flexibility index (Phi) is 6.20. The zero-order chi connectivity index (χ0) is 23.7. The number of aromatic nitrogens is 2. The molecule has 8 nitrogen and oxygen atoms in total. The second-order valence-electron chi connectivity index (χ2n) is 8.07. The summed E-state index contributed by atoms with van der Waals surface area (Å²) >= 11 is 7.26. The Hall–Kier alpha value is -3.08. The normalized spacial score (nSPS) is 14.2. The van der Waals surface area contributed by atoms with Gasteiger partial charge in [-0.05, 0) is 48.5 Å². The first-order chi connectivity index (χ1) is 16.4. The number of nitrogens with zero attached hydrogens (tertiary/aromatic N) is 3. The monoisotopic (exact) mass is 515 g/mol. The van der Waals surface area contributed by atoms with Gasteiger partial charge in [0.05, 0.1) is 10.9 Å². The number of halogens is 1. The molecule has 11 heteroatoms. The average Bonchev–Trinajstić information content (AvgIpc) is 3.43. The van der Waals surface area contributed by atoms with Gasteiger partial charge in [-0.2, -0.15) is 0 Å². The number of thiazole rings is 1. The summed E-state index contributed by atoms with van der Waals surface area (Å²) in [4.78, 5) is 18.6. The van der Waals surface area contributed by atoms with Gasteiger partial charge in [-0.3, -0.25) is 9.52 Å². The molecule has 0 radical (unpaired) electrons. The summed E-state index contributed by atoms with van der Waals surface area (Å²) in [5.41, 5.74) is 1.97. The topological polar surface area (TPSA) is 96.3 Å². The van der Waals surface area contributed by atoms with E-state index in [4.69, 9.17) is 11.6 Å². The number of amides is 1. The van der Waals surface area contributed by atoms with Crippen LogP contribution < -0.4 is 14.9 Å². The van der Waals surface area contributed by atoms with E-state index in [0.29, 0.717) is 36.2 Å². The van der Waals surface area contributed by atoms with Crippen molar-refractivity contribution in [1.29, 1.82) is 0 Å². The number of anilines is 2. The number of benzene rings is 2. The molecular formula is C23H22ClN5O3S2. The Bertz CT molecular complexity index is 1410. The fourth-order valence-corrected chi connectivity index (χ4v) is 5.92. The second kappa shape index (κ2) is 9.28. The molecule has 1 amide bonds. The third-order valence-corrected chi connectivity index (χ3v) is 8.13. The van der Waals surface area contributed by atoms with E-state index in [1.54, 1.807) is 35.8 Å². The van der Waals surface area contributed by atoms with Crippen molar-refractivity contribution in [3.63, 3.8) is 0 Å². The van der Waals surface area contributed by atoms with Gasteiger partial charge in [0, 0.05) is 65.4 Å². The first-order valence-electron chi connectivity index (χ1n) is 10.7. The highest BCUT2D eigenvalue weighted by atomic mass is 35.5. The number of carbonyl (C=O) groups excluding carboxylic acids is 1. The molecule has 0 saturated carbocycles. The van der Waals surface area contributed by atoms with E-state index < -0.39 is 10.0 Å². The highest BCUT2D eigenvalue weighted by Gasteiger charge is 2.28. The number of nitrogens with one attached hydrogen (secondary N) is 2. The van der Waals surface area contributed by atoms with Crippen LogP contribution in [0.1, 0.15) is 6.42 Å². The molecule has 34 heavy (non-hydrogen) atoms. The molecule has 1 aliphatic heterocycles. The van der Waals surface area contributed by atoms with Gasteiger partial charge in [0.2, 0.25) is 5.91 Å². The highest BCUT2D eigenvalue weighted by molar-refractivity contribution is 7.93. The Morgan fingerprint density at radius 1 is 1.15 bits per heavy atom. The molecule has 2 aromatic carbocycles. The van der Waals surface area contributed by atoms with Gasteiger partial charge < -0.3 is 14.8 Å². The minimum Gasteiger partial charge on any atom is -0.367 e. The number of fused-ring (bicyclic) bond motifs is 1. The van der Waals surface area contributed by atoms with Crippen LogP contribution in [0.25, 0.3) is 10.9 Å². The molecule has 4 aromatic rings. The average molecular weight is 516 g/mol. The van der Waals surface area contributed by atoms with Crippen molar-refractivity contribution in [2.45, 2.75) is 23.9 Å². The zero-order valence-corrected chi connectivity index (χ0v) is 20.4. The first kappa shape index (κ1) is 22.7. The van der Waals surface area contributed by atoms with Crippen LogP contribution in [-0.4, -0.2) is 43.0 Å². The summed E-state index contributed by atoms with van der Waals surface area (Å²) in [5, 5.41) is 6.86. The maximum Gasteiger partial charge on any atom is 0.263 e. The van der Waals surface area contributed by atoms with E-state index in [1.807, 2.05) is 30.5 Å². The molecule has 3 heterocycles. The Morgan fingerprint density at radius 2 is 1.94 bits per heavy atom. The van der Waals surface area contributed by atoms with Crippen molar-refractivity contribution in [2.24, 2.45) is 0 Å². The van der Waals surface area contributed by atoms with Crippen LogP contribution in [0.15, 0.2) is 71.2 Å². The van der Waals surface area contributed by atoms with Crippen molar-refractivity contribution >= 4 is 60.6 Å². The van der Waals surface area contributed by atoms with Gasteiger partial charge in [0.25, 0.3) is 10.0 Å². The third-order valence-electron chi connectivity index (χ3n) is 5.73. The smallest absolute Gasteiger partial charge is 0.263 e. The molecule has 0 spiro atoms. The van der Waals surface area contributed by atoms with Crippen LogP contribution in [0, 0.1) is 0 Å². The number of rotatable bonds is 8. The van der Waals surface area contributed by atoms with Crippen LogP contribution in [0.2, 0.25) is 5.02 Å². The molecule has 2 N–H and O–H groups in total. The molecule has 1 saturated heterocycles. The summed E-state index contributed by atoms with van der Waals surface area (Å²) in [6, 6.07) is 14.5. The maximum absolute atomic E-state index is 12.5. The number of hydrogen-bond acceptors (Lipinski definition) is 6. The largest absolute Gasteiger partial charge is 0.367 e. The van der Waals surface area contributed by atoms with Gasteiger partial charge in [-0.15, -0.1) is 11.3 Å². The summed E-state index contributed by atoms with van der Waals surface area (Å²) in [7, 11) is -3.67. The molecule has 0 atom stereocenters. The highest BCUT2D eigenvalue weighted by Crippen LogP contribution is 2.25. The quantitative estimate of drug-likeness (QED) is 0.370. The van der Waals surface area contributed by atoms with Crippen LogP contribution in [0.4, 0.5) is 10.8 Å². The van der Waals surface area contributed by atoms with E-state index in [-0.39, 0.29) is 16.8 Å². The van der Waals surface area contributed by atoms with Gasteiger partial charge in [0.1, 0.15) is 0 Å². The van der Waals surface area contributed by atoms with Gasteiger partial charge >= 0.3 is 0 Å². The minimum absolute atomic E-state index is 0.00941. The van der Waals surface area contributed by atoms with Crippen LogP contribution >= 0.6 is 22.9 Å². The van der Waals surface area contributed by atoms with Crippen LogP contribution in [0.3, 0.4) is 0 Å². The molecular weight excluding hydrogens is 494 g/mol. The predicted molar refractivity (Wildman–Crippen MR) is 135 cm³/mol.